The fourth-order valence-corrected chi connectivity index (χ4v) is 4.29. The molecule has 0 aliphatic rings. The molecule has 0 aromatic heterocycles. The van der Waals surface area contributed by atoms with Gasteiger partial charge < -0.3 is 5.11 Å². The molecular formula is C18H28O4S. The van der Waals surface area contributed by atoms with E-state index in [4.69, 9.17) is 0 Å². The first kappa shape index (κ1) is 19.7. The molecule has 0 aliphatic carbocycles. The number of benzene rings is 1. The summed E-state index contributed by atoms with van der Waals surface area (Å²) in [6.07, 6.45) is 5.79. The predicted molar refractivity (Wildman–Crippen MR) is 93.3 cm³/mol. The zero-order valence-corrected chi connectivity index (χ0v) is 14.9. The van der Waals surface area contributed by atoms with E-state index in [1.807, 2.05) is 6.07 Å². The van der Waals surface area contributed by atoms with Gasteiger partial charge in [0.25, 0.3) is 0 Å². The van der Waals surface area contributed by atoms with Crippen LogP contribution in [0.15, 0.2) is 30.3 Å². The van der Waals surface area contributed by atoms with E-state index in [2.05, 4.69) is 6.92 Å². The van der Waals surface area contributed by atoms with E-state index < -0.39 is 20.6 Å². The summed E-state index contributed by atoms with van der Waals surface area (Å²) in [4.78, 5) is 11.7. The van der Waals surface area contributed by atoms with Crippen LogP contribution in [0.25, 0.3) is 0 Å². The van der Waals surface area contributed by atoms with Crippen molar-refractivity contribution in [1.82, 2.24) is 0 Å². The summed E-state index contributed by atoms with van der Waals surface area (Å²) >= 11 is 0. The summed E-state index contributed by atoms with van der Waals surface area (Å²) in [5.41, 5.74) is 0.726. The molecule has 0 heterocycles. The maximum absolute atomic E-state index is 12.6. The Balaban J connectivity index is 2.72. The minimum Gasteiger partial charge on any atom is -0.480 e. The van der Waals surface area contributed by atoms with Crippen LogP contribution in [0.2, 0.25) is 0 Å². The molecule has 0 fully saturated rings. The van der Waals surface area contributed by atoms with Crippen molar-refractivity contribution in [2.24, 2.45) is 0 Å². The Labute approximate surface area is 139 Å². The molecular weight excluding hydrogens is 312 g/mol. The second kappa shape index (κ2) is 9.06. The first-order chi connectivity index (χ1) is 10.8. The lowest BCUT2D eigenvalue weighted by Crippen LogP contribution is -2.46. The summed E-state index contributed by atoms with van der Waals surface area (Å²) in [6, 6.07) is 8.94. The smallest absolute Gasteiger partial charge is 0.325 e. The molecule has 0 unspecified atom stereocenters. The number of unbranched alkanes of at least 4 members (excludes halogenated alkanes) is 5. The SMILES string of the molecule is CCCCCCCCS(=O)(=O)[C@](C)(Cc1ccccc1)C(=O)O. The fraction of sp³-hybridized carbons (Fsp3) is 0.611. The molecule has 0 aliphatic heterocycles. The highest BCUT2D eigenvalue weighted by molar-refractivity contribution is 7.93. The molecule has 0 spiro atoms. The normalized spacial score (nSPS) is 14.3. The lowest BCUT2D eigenvalue weighted by molar-refractivity contribution is -0.139. The highest BCUT2D eigenvalue weighted by Gasteiger charge is 2.45. The Morgan fingerprint density at radius 2 is 1.61 bits per heavy atom. The quantitative estimate of drug-likeness (QED) is 0.621. The van der Waals surface area contributed by atoms with Gasteiger partial charge in [0.15, 0.2) is 14.6 Å². The number of aliphatic carboxylic acids is 1. The van der Waals surface area contributed by atoms with Crippen LogP contribution >= 0.6 is 0 Å². The van der Waals surface area contributed by atoms with Crippen LogP contribution in [0.4, 0.5) is 0 Å². The summed E-state index contributed by atoms with van der Waals surface area (Å²) in [7, 11) is -3.71. The van der Waals surface area contributed by atoms with Crippen molar-refractivity contribution in [2.45, 2.75) is 63.5 Å². The number of rotatable bonds is 11. The van der Waals surface area contributed by atoms with E-state index in [-0.39, 0.29) is 12.2 Å². The molecule has 1 aromatic carbocycles. The monoisotopic (exact) mass is 340 g/mol. The molecule has 1 aromatic rings. The fourth-order valence-electron chi connectivity index (χ4n) is 2.60. The summed E-state index contributed by atoms with van der Waals surface area (Å²) in [5, 5.41) is 9.52. The number of carbonyl (C=O) groups is 1. The molecule has 1 atom stereocenters. The first-order valence-corrected chi connectivity index (χ1v) is 9.98. The molecule has 0 bridgehead atoms. The minimum absolute atomic E-state index is 0.00133. The van der Waals surface area contributed by atoms with Gasteiger partial charge in [0.05, 0.1) is 5.75 Å². The molecule has 23 heavy (non-hydrogen) atoms. The zero-order valence-electron chi connectivity index (χ0n) is 14.1. The highest BCUT2D eigenvalue weighted by atomic mass is 32.2. The molecule has 0 saturated carbocycles. The summed E-state index contributed by atoms with van der Waals surface area (Å²) in [6.45, 7) is 3.46. The van der Waals surface area contributed by atoms with E-state index in [9.17, 15) is 18.3 Å². The Bertz CT molecular complexity index is 580. The molecule has 1 rings (SSSR count). The maximum Gasteiger partial charge on any atom is 0.325 e. The third-order valence-corrected chi connectivity index (χ3v) is 6.81. The van der Waals surface area contributed by atoms with E-state index in [1.54, 1.807) is 24.3 Å². The average Bonchev–Trinajstić information content (AvgIpc) is 2.51. The molecule has 1 N–H and O–H groups in total. The average molecular weight is 340 g/mol. The van der Waals surface area contributed by atoms with Gasteiger partial charge >= 0.3 is 5.97 Å². The Morgan fingerprint density at radius 3 is 2.17 bits per heavy atom. The van der Waals surface area contributed by atoms with Crippen LogP contribution in [0.5, 0.6) is 0 Å². The van der Waals surface area contributed by atoms with Crippen molar-refractivity contribution in [3.63, 3.8) is 0 Å². The van der Waals surface area contributed by atoms with Crippen molar-refractivity contribution in [1.29, 1.82) is 0 Å². The van der Waals surface area contributed by atoms with E-state index in [0.29, 0.717) is 6.42 Å². The zero-order chi connectivity index (χ0) is 17.3. The standard InChI is InChI=1S/C18H28O4S/c1-3-4-5-6-7-11-14-23(21,22)18(2,17(19)20)15-16-12-9-8-10-13-16/h8-10,12-13H,3-7,11,14-15H2,1-2H3,(H,19,20)/t18-/m1/s1. The van der Waals surface area contributed by atoms with Crippen LogP contribution in [0, 0.1) is 0 Å². The third kappa shape index (κ3) is 5.65. The van der Waals surface area contributed by atoms with Gasteiger partial charge in [-0.2, -0.15) is 0 Å². The topological polar surface area (TPSA) is 71.4 Å². The number of sulfone groups is 1. The minimum atomic E-state index is -3.71. The van der Waals surface area contributed by atoms with E-state index in [1.165, 1.54) is 6.92 Å². The third-order valence-electron chi connectivity index (χ3n) is 4.29. The summed E-state index contributed by atoms with van der Waals surface area (Å²) < 4.78 is 23.4. The van der Waals surface area contributed by atoms with E-state index >= 15 is 0 Å². The largest absolute Gasteiger partial charge is 0.480 e. The lowest BCUT2D eigenvalue weighted by Gasteiger charge is -2.25. The summed E-state index contributed by atoms with van der Waals surface area (Å²) in [5.74, 6) is -1.33. The second-order valence-corrected chi connectivity index (χ2v) is 8.82. The van der Waals surface area contributed by atoms with Crippen molar-refractivity contribution < 1.29 is 18.3 Å². The molecule has 0 amide bonds. The van der Waals surface area contributed by atoms with Gasteiger partial charge in [0.1, 0.15) is 0 Å². The molecule has 0 radical (unpaired) electrons. The second-order valence-electron chi connectivity index (χ2n) is 6.29. The molecule has 0 saturated heterocycles. The van der Waals surface area contributed by atoms with Crippen molar-refractivity contribution in [3.05, 3.63) is 35.9 Å². The van der Waals surface area contributed by atoms with Crippen molar-refractivity contribution in [2.75, 3.05) is 5.75 Å². The number of carboxylic acid groups (broad SMARTS) is 1. The maximum atomic E-state index is 12.6. The van der Waals surface area contributed by atoms with Crippen LogP contribution in [0.1, 0.15) is 57.9 Å². The molecule has 4 nitrogen and oxygen atoms in total. The van der Waals surface area contributed by atoms with Gasteiger partial charge in [-0.15, -0.1) is 0 Å². The van der Waals surface area contributed by atoms with Gasteiger partial charge in [0.2, 0.25) is 0 Å². The Kier molecular flexibility index (Phi) is 7.76. The molecule has 5 heteroatoms. The van der Waals surface area contributed by atoms with Gasteiger partial charge in [-0.3, -0.25) is 4.79 Å². The van der Waals surface area contributed by atoms with Gasteiger partial charge in [-0.25, -0.2) is 8.42 Å². The number of hydrogen-bond donors (Lipinski definition) is 1. The van der Waals surface area contributed by atoms with Crippen LogP contribution in [0.3, 0.4) is 0 Å². The van der Waals surface area contributed by atoms with Crippen LogP contribution in [-0.4, -0.2) is 30.0 Å². The van der Waals surface area contributed by atoms with Gasteiger partial charge in [0, 0.05) is 6.42 Å². The lowest BCUT2D eigenvalue weighted by atomic mass is 10.0. The predicted octanol–water partition coefficient (Wildman–Crippen LogP) is 3.85. The highest BCUT2D eigenvalue weighted by Crippen LogP contribution is 2.25. The number of hydrogen-bond acceptors (Lipinski definition) is 3. The van der Waals surface area contributed by atoms with Gasteiger partial charge in [-0.05, 0) is 18.9 Å². The number of carboxylic acids is 1. The van der Waals surface area contributed by atoms with Crippen LogP contribution in [-0.2, 0) is 21.1 Å². The van der Waals surface area contributed by atoms with Crippen molar-refractivity contribution >= 4 is 15.8 Å². The van der Waals surface area contributed by atoms with Crippen molar-refractivity contribution in [3.8, 4) is 0 Å². The van der Waals surface area contributed by atoms with E-state index in [0.717, 1.165) is 37.7 Å². The Morgan fingerprint density at radius 1 is 1.04 bits per heavy atom. The Hall–Kier alpha value is -1.36. The molecule has 130 valence electrons. The van der Waals surface area contributed by atoms with Crippen LogP contribution < -0.4 is 0 Å². The first-order valence-electron chi connectivity index (χ1n) is 8.33. The van der Waals surface area contributed by atoms with Gasteiger partial charge in [-0.1, -0.05) is 69.4 Å².